The molecule has 2 N–H and O–H groups in total. The van der Waals surface area contributed by atoms with Crippen LogP contribution in [0.3, 0.4) is 0 Å². The molecule has 8 nitrogen and oxygen atoms in total. The minimum Gasteiger partial charge on any atom is -0.344 e. The van der Waals surface area contributed by atoms with E-state index in [2.05, 4.69) is 15.5 Å². The van der Waals surface area contributed by atoms with Crippen molar-refractivity contribution in [3.63, 3.8) is 0 Å². The monoisotopic (exact) mass is 662 g/mol. The average molecular weight is 663 g/mol. The third kappa shape index (κ3) is 9.09. The third-order valence-electron chi connectivity index (χ3n) is 9.02. The predicted molar refractivity (Wildman–Crippen MR) is 170 cm³/mol. The van der Waals surface area contributed by atoms with Crippen LogP contribution in [0.4, 0.5) is 18.9 Å². The lowest BCUT2D eigenvalue weighted by Crippen LogP contribution is -2.54. The van der Waals surface area contributed by atoms with Gasteiger partial charge in [0, 0.05) is 61.9 Å². The number of likely N-dealkylation sites (N-methyl/N-ethyl adjacent to an activating group) is 1. The molecule has 0 unspecified atom stereocenters. The number of nitrogens with zero attached hydrogens (tertiary/aromatic N) is 2. The lowest BCUT2D eigenvalue weighted by Gasteiger charge is -2.34. The van der Waals surface area contributed by atoms with E-state index in [0.29, 0.717) is 44.6 Å². The van der Waals surface area contributed by atoms with Crippen molar-refractivity contribution < 1.29 is 32.3 Å². The predicted octanol–water partition coefficient (Wildman–Crippen LogP) is 5.58. The maximum atomic E-state index is 15.4. The first kappa shape index (κ1) is 35.4. The summed E-state index contributed by atoms with van der Waals surface area (Å²) in [6.07, 6.45) is 3.30. The number of nitrogens with one attached hydrogen (secondary N) is 2. The third-order valence-corrected chi connectivity index (χ3v) is 9.27. The second-order valence-corrected chi connectivity index (χ2v) is 12.8. The number of hydrogen-bond acceptors (Lipinski definition) is 5. The summed E-state index contributed by atoms with van der Waals surface area (Å²) in [7, 11) is 1.97. The Morgan fingerprint density at radius 2 is 1.63 bits per heavy atom. The number of amides is 3. The molecule has 0 bridgehead atoms. The van der Waals surface area contributed by atoms with Gasteiger partial charge in [-0.15, -0.1) is 0 Å². The Morgan fingerprint density at radius 3 is 2.24 bits per heavy atom. The van der Waals surface area contributed by atoms with E-state index in [4.69, 9.17) is 11.6 Å². The zero-order valence-electron chi connectivity index (χ0n) is 26.3. The standard InChI is InChI=1S/C34H42ClF3N4O4/c1-3-31(44)39-29(33(46)42-17-15-41(2)16-18-42)20-22-9-14-28(27(36)19-22)40-32(45)26(23-7-5-4-6-8-23)21-30(43)34(37,38)24-10-12-25(35)13-11-24/h9-14,19,23,26,29H,3-8,15-18,20-21H2,1-2H3,(H,39,44)(H,40,45)/t26-,29+/m0/s1. The number of anilines is 1. The number of alkyl halides is 2. The summed E-state index contributed by atoms with van der Waals surface area (Å²) in [5.41, 5.74) is -0.238. The van der Waals surface area contributed by atoms with E-state index >= 15 is 13.2 Å². The van der Waals surface area contributed by atoms with E-state index in [1.807, 2.05) is 7.05 Å². The zero-order chi connectivity index (χ0) is 33.4. The minimum atomic E-state index is -3.82. The molecule has 1 aliphatic carbocycles. The van der Waals surface area contributed by atoms with Crippen LogP contribution in [0.2, 0.25) is 5.02 Å². The second-order valence-electron chi connectivity index (χ2n) is 12.3. The molecule has 2 atom stereocenters. The lowest BCUT2D eigenvalue weighted by molar-refractivity contribution is -0.147. The molecular formula is C34H42ClF3N4O4. The highest BCUT2D eigenvalue weighted by atomic mass is 35.5. The molecule has 2 aliphatic rings. The molecule has 0 radical (unpaired) electrons. The van der Waals surface area contributed by atoms with E-state index in [9.17, 15) is 19.2 Å². The maximum Gasteiger partial charge on any atom is 0.330 e. The van der Waals surface area contributed by atoms with Crippen molar-refractivity contribution in [1.82, 2.24) is 15.1 Å². The Balaban J connectivity index is 1.48. The molecule has 4 rings (SSSR count). The second kappa shape index (κ2) is 15.9. The van der Waals surface area contributed by atoms with E-state index in [-0.39, 0.29) is 41.3 Å². The number of halogens is 4. The molecule has 1 aliphatic heterocycles. The molecular weight excluding hydrogens is 621 g/mol. The molecule has 2 aromatic carbocycles. The highest BCUT2D eigenvalue weighted by Crippen LogP contribution is 2.37. The van der Waals surface area contributed by atoms with Crippen LogP contribution in [0.1, 0.15) is 63.0 Å². The van der Waals surface area contributed by atoms with Gasteiger partial charge in [-0.3, -0.25) is 19.2 Å². The first-order valence-electron chi connectivity index (χ1n) is 15.9. The van der Waals surface area contributed by atoms with Gasteiger partial charge in [-0.25, -0.2) is 4.39 Å². The van der Waals surface area contributed by atoms with Crippen molar-refractivity contribution in [3.05, 3.63) is 64.4 Å². The fourth-order valence-electron chi connectivity index (χ4n) is 6.15. The smallest absolute Gasteiger partial charge is 0.330 e. The number of Topliss-reactive ketones (excluding diaryl/α,β-unsaturated/α-hetero) is 1. The minimum absolute atomic E-state index is 0.0427. The Labute approximate surface area is 273 Å². The van der Waals surface area contributed by atoms with Gasteiger partial charge >= 0.3 is 5.92 Å². The number of rotatable bonds is 12. The van der Waals surface area contributed by atoms with Crippen molar-refractivity contribution >= 4 is 40.8 Å². The Morgan fingerprint density at radius 1 is 0.978 bits per heavy atom. The highest BCUT2D eigenvalue weighted by Gasteiger charge is 2.44. The van der Waals surface area contributed by atoms with Crippen LogP contribution in [0.5, 0.6) is 0 Å². The molecule has 1 heterocycles. The van der Waals surface area contributed by atoms with Crippen LogP contribution < -0.4 is 10.6 Å². The Kier molecular flexibility index (Phi) is 12.2. The highest BCUT2D eigenvalue weighted by molar-refractivity contribution is 6.30. The number of piperazine rings is 1. The topological polar surface area (TPSA) is 98.8 Å². The van der Waals surface area contributed by atoms with Gasteiger partial charge in [-0.05, 0) is 55.6 Å². The van der Waals surface area contributed by atoms with Gasteiger partial charge in [0.15, 0.2) is 0 Å². The number of benzene rings is 2. The number of carbonyl (C=O) groups excluding carboxylic acids is 4. The van der Waals surface area contributed by atoms with Gasteiger partial charge in [0.05, 0.1) is 5.69 Å². The maximum absolute atomic E-state index is 15.4. The Bertz CT molecular complexity index is 1390. The summed E-state index contributed by atoms with van der Waals surface area (Å²) < 4.78 is 45.7. The van der Waals surface area contributed by atoms with Crippen LogP contribution in [0, 0.1) is 17.7 Å². The zero-order valence-corrected chi connectivity index (χ0v) is 27.1. The van der Waals surface area contributed by atoms with E-state index < -0.39 is 47.4 Å². The van der Waals surface area contributed by atoms with Crippen molar-refractivity contribution in [2.45, 2.75) is 70.3 Å². The van der Waals surface area contributed by atoms with Crippen LogP contribution in [-0.2, 0) is 31.5 Å². The van der Waals surface area contributed by atoms with E-state index in [0.717, 1.165) is 31.4 Å². The first-order valence-corrected chi connectivity index (χ1v) is 16.3. The van der Waals surface area contributed by atoms with Gasteiger partial charge in [-0.1, -0.05) is 56.0 Å². The number of ketones is 1. The van der Waals surface area contributed by atoms with Crippen LogP contribution in [-0.4, -0.2) is 72.6 Å². The van der Waals surface area contributed by atoms with E-state index in [1.54, 1.807) is 17.9 Å². The van der Waals surface area contributed by atoms with Crippen molar-refractivity contribution in [2.75, 3.05) is 38.5 Å². The molecule has 1 saturated heterocycles. The van der Waals surface area contributed by atoms with Crippen molar-refractivity contribution in [3.8, 4) is 0 Å². The van der Waals surface area contributed by atoms with Gasteiger partial charge in [-0.2, -0.15) is 8.78 Å². The van der Waals surface area contributed by atoms with Crippen LogP contribution >= 0.6 is 11.6 Å². The molecule has 1 saturated carbocycles. The summed E-state index contributed by atoms with van der Waals surface area (Å²) in [5.74, 6) is -8.61. The molecule has 12 heteroatoms. The fraction of sp³-hybridized carbons (Fsp3) is 0.529. The lowest BCUT2D eigenvalue weighted by atomic mass is 9.76. The van der Waals surface area contributed by atoms with E-state index in [1.165, 1.54) is 24.3 Å². The molecule has 0 aromatic heterocycles. The Hall–Kier alpha value is -3.44. The first-order chi connectivity index (χ1) is 21.9. The van der Waals surface area contributed by atoms with Crippen LogP contribution in [0.25, 0.3) is 0 Å². The van der Waals surface area contributed by atoms with Gasteiger partial charge in [0.1, 0.15) is 11.9 Å². The largest absolute Gasteiger partial charge is 0.344 e. The van der Waals surface area contributed by atoms with Crippen molar-refractivity contribution in [2.24, 2.45) is 11.8 Å². The summed E-state index contributed by atoms with van der Waals surface area (Å²) >= 11 is 5.82. The number of hydrogen-bond donors (Lipinski definition) is 2. The normalized spacial score (nSPS) is 17.7. The molecule has 3 amide bonds. The molecule has 0 spiro atoms. The molecule has 2 aromatic rings. The van der Waals surface area contributed by atoms with Gasteiger partial charge < -0.3 is 20.4 Å². The average Bonchev–Trinajstić information content (AvgIpc) is 3.04. The molecule has 46 heavy (non-hydrogen) atoms. The van der Waals surface area contributed by atoms with Crippen molar-refractivity contribution in [1.29, 1.82) is 0 Å². The molecule has 250 valence electrons. The number of carbonyl (C=O) groups is 4. The SMILES string of the molecule is CCC(=O)N[C@H](Cc1ccc(NC(=O)[C@@H](CC(=O)C(F)(F)c2ccc(Cl)cc2)C2CCCCC2)c(F)c1)C(=O)N1CCN(C)CC1. The fourth-order valence-corrected chi connectivity index (χ4v) is 6.28. The summed E-state index contributed by atoms with van der Waals surface area (Å²) in [4.78, 5) is 55.8. The molecule has 2 fully saturated rings. The summed E-state index contributed by atoms with van der Waals surface area (Å²) in [5, 5.41) is 5.54. The summed E-state index contributed by atoms with van der Waals surface area (Å²) in [6, 6.07) is 7.93. The quantitative estimate of drug-likeness (QED) is 0.310. The summed E-state index contributed by atoms with van der Waals surface area (Å²) in [6.45, 7) is 4.12. The van der Waals surface area contributed by atoms with Gasteiger partial charge in [0.25, 0.3) is 0 Å². The van der Waals surface area contributed by atoms with Crippen LogP contribution in [0.15, 0.2) is 42.5 Å². The van der Waals surface area contributed by atoms with Gasteiger partial charge in [0.2, 0.25) is 23.5 Å².